The first-order valence-corrected chi connectivity index (χ1v) is 6.67. The first-order valence-electron chi connectivity index (χ1n) is 5.19. The maximum Gasteiger partial charge on any atom is 0.265 e. The molecule has 0 amide bonds. The quantitative estimate of drug-likeness (QED) is 0.570. The Bertz CT molecular complexity index is 721. The van der Waals surface area contributed by atoms with Gasteiger partial charge in [-0.05, 0) is 12.1 Å². The van der Waals surface area contributed by atoms with Crippen molar-refractivity contribution in [3.8, 4) is 0 Å². The van der Waals surface area contributed by atoms with E-state index in [2.05, 4.69) is 15.4 Å². The number of nitrogen functional groups attached to an aromatic ring is 1. The minimum absolute atomic E-state index is 0.0249. The standard InChI is InChI=1S/C10H9F2N5O2S/c11-6-1-2-9(8(12)3-6)17-20(18,19)7-4-14-10(16-13)15-5-7/h1-5,17H,13H2,(H,14,15,16). The first kappa shape index (κ1) is 14.1. The summed E-state index contributed by atoms with van der Waals surface area (Å²) in [6, 6.07) is 2.47. The third-order valence-corrected chi connectivity index (χ3v) is 3.56. The van der Waals surface area contributed by atoms with Crippen LogP contribution in [0.1, 0.15) is 0 Å². The van der Waals surface area contributed by atoms with Gasteiger partial charge in [0.05, 0.1) is 18.1 Å². The van der Waals surface area contributed by atoms with Gasteiger partial charge in [0, 0.05) is 6.07 Å². The zero-order chi connectivity index (χ0) is 14.8. The predicted molar refractivity (Wildman–Crippen MR) is 67.0 cm³/mol. The van der Waals surface area contributed by atoms with E-state index >= 15 is 0 Å². The summed E-state index contributed by atoms with van der Waals surface area (Å²) in [6.07, 6.45) is 1.98. The van der Waals surface area contributed by atoms with Crippen LogP contribution in [-0.4, -0.2) is 18.4 Å². The van der Waals surface area contributed by atoms with E-state index in [1.165, 1.54) is 0 Å². The fraction of sp³-hybridized carbons (Fsp3) is 0. The predicted octanol–water partition coefficient (Wildman–Crippen LogP) is 0.841. The van der Waals surface area contributed by atoms with Crippen LogP contribution >= 0.6 is 0 Å². The topological polar surface area (TPSA) is 110 Å². The van der Waals surface area contributed by atoms with Gasteiger partial charge >= 0.3 is 0 Å². The molecule has 2 aromatic rings. The van der Waals surface area contributed by atoms with Crippen LogP contribution in [0.25, 0.3) is 0 Å². The lowest BCUT2D eigenvalue weighted by molar-refractivity contribution is 0.582. The average Bonchev–Trinajstić information content (AvgIpc) is 2.42. The molecule has 0 radical (unpaired) electrons. The van der Waals surface area contributed by atoms with Crippen molar-refractivity contribution in [1.29, 1.82) is 0 Å². The number of rotatable bonds is 4. The minimum Gasteiger partial charge on any atom is -0.292 e. The smallest absolute Gasteiger partial charge is 0.265 e. The van der Waals surface area contributed by atoms with Crippen molar-refractivity contribution in [3.63, 3.8) is 0 Å². The summed E-state index contributed by atoms with van der Waals surface area (Å²) in [5.74, 6) is 3.22. The largest absolute Gasteiger partial charge is 0.292 e. The Morgan fingerprint density at radius 1 is 1.15 bits per heavy atom. The van der Waals surface area contributed by atoms with Crippen molar-refractivity contribution in [1.82, 2.24) is 9.97 Å². The van der Waals surface area contributed by atoms with Crippen molar-refractivity contribution in [2.24, 2.45) is 5.84 Å². The van der Waals surface area contributed by atoms with E-state index in [0.717, 1.165) is 24.5 Å². The highest BCUT2D eigenvalue weighted by atomic mass is 32.2. The number of hydrogen-bond donors (Lipinski definition) is 3. The van der Waals surface area contributed by atoms with Gasteiger partial charge in [-0.15, -0.1) is 0 Å². The zero-order valence-corrected chi connectivity index (χ0v) is 10.7. The van der Waals surface area contributed by atoms with Gasteiger partial charge in [0.15, 0.2) is 0 Å². The minimum atomic E-state index is -4.08. The number of nitrogens with one attached hydrogen (secondary N) is 2. The summed E-state index contributed by atoms with van der Waals surface area (Å²) in [7, 11) is -4.08. The van der Waals surface area contributed by atoms with Crippen molar-refractivity contribution < 1.29 is 17.2 Å². The molecule has 0 saturated heterocycles. The lowest BCUT2D eigenvalue weighted by Crippen LogP contribution is -2.16. The van der Waals surface area contributed by atoms with Gasteiger partial charge in [0.25, 0.3) is 10.0 Å². The molecule has 1 aromatic heterocycles. The lowest BCUT2D eigenvalue weighted by atomic mass is 10.3. The number of benzene rings is 1. The Hall–Kier alpha value is -2.33. The number of hydrogen-bond acceptors (Lipinski definition) is 6. The third-order valence-electron chi connectivity index (χ3n) is 2.24. The van der Waals surface area contributed by atoms with E-state index in [1.54, 1.807) is 0 Å². The highest BCUT2D eigenvalue weighted by Gasteiger charge is 2.17. The molecule has 4 N–H and O–H groups in total. The highest BCUT2D eigenvalue weighted by molar-refractivity contribution is 7.92. The van der Waals surface area contributed by atoms with Gasteiger partial charge in [-0.25, -0.2) is 33.0 Å². The maximum atomic E-state index is 13.4. The summed E-state index contributed by atoms with van der Waals surface area (Å²) in [4.78, 5) is 6.95. The van der Waals surface area contributed by atoms with E-state index in [0.29, 0.717) is 6.07 Å². The molecule has 0 bridgehead atoms. The molecule has 0 spiro atoms. The van der Waals surface area contributed by atoms with Crippen LogP contribution < -0.4 is 16.0 Å². The van der Waals surface area contributed by atoms with Crippen molar-refractivity contribution in [2.45, 2.75) is 4.90 Å². The van der Waals surface area contributed by atoms with Crippen molar-refractivity contribution >= 4 is 21.7 Å². The molecule has 0 saturated carbocycles. The van der Waals surface area contributed by atoms with E-state index < -0.39 is 21.7 Å². The summed E-state index contributed by atoms with van der Waals surface area (Å²) in [5.41, 5.74) is 1.75. The highest BCUT2D eigenvalue weighted by Crippen LogP contribution is 2.19. The molecule has 20 heavy (non-hydrogen) atoms. The van der Waals surface area contributed by atoms with Crippen molar-refractivity contribution in [3.05, 3.63) is 42.2 Å². The molecule has 10 heteroatoms. The first-order chi connectivity index (χ1) is 9.42. The van der Waals surface area contributed by atoms with Gasteiger partial charge in [-0.1, -0.05) is 0 Å². The zero-order valence-electron chi connectivity index (χ0n) is 9.84. The number of nitrogens with zero attached hydrogens (tertiary/aromatic N) is 2. The Kier molecular flexibility index (Phi) is 3.77. The number of aromatic nitrogens is 2. The second kappa shape index (κ2) is 5.35. The molecule has 106 valence electrons. The molecule has 1 aromatic carbocycles. The van der Waals surface area contributed by atoms with Crippen LogP contribution in [0.3, 0.4) is 0 Å². The molecule has 0 atom stereocenters. The second-order valence-corrected chi connectivity index (χ2v) is 5.30. The molecule has 0 aliphatic rings. The van der Waals surface area contributed by atoms with Crippen molar-refractivity contribution in [2.75, 3.05) is 10.1 Å². The number of hydrazine groups is 1. The van der Waals surface area contributed by atoms with Crippen LogP contribution in [0, 0.1) is 11.6 Å². The number of nitrogens with two attached hydrogens (primary N) is 1. The summed E-state index contributed by atoms with van der Waals surface area (Å²) in [6.45, 7) is 0. The molecular weight excluding hydrogens is 292 g/mol. The summed E-state index contributed by atoms with van der Waals surface area (Å²) in [5, 5.41) is 0. The SMILES string of the molecule is NNc1ncc(S(=O)(=O)Nc2ccc(F)cc2F)cn1. The Balaban J connectivity index is 2.30. The second-order valence-electron chi connectivity index (χ2n) is 3.62. The molecule has 0 unspecified atom stereocenters. The van der Waals surface area contributed by atoms with Crippen LogP contribution in [0.15, 0.2) is 35.5 Å². The molecule has 0 aliphatic carbocycles. The van der Waals surface area contributed by atoms with Gasteiger partial charge in [-0.2, -0.15) is 0 Å². The van der Waals surface area contributed by atoms with Crippen LogP contribution in [0.2, 0.25) is 0 Å². The Labute approximate surface area is 112 Å². The summed E-state index contributed by atoms with van der Waals surface area (Å²) >= 11 is 0. The Morgan fingerprint density at radius 3 is 2.35 bits per heavy atom. The van der Waals surface area contributed by atoms with Crippen LogP contribution in [-0.2, 0) is 10.0 Å². The lowest BCUT2D eigenvalue weighted by Gasteiger charge is -2.08. The fourth-order valence-electron chi connectivity index (χ4n) is 1.31. The van der Waals surface area contributed by atoms with Gasteiger partial charge < -0.3 is 0 Å². The average molecular weight is 301 g/mol. The van der Waals surface area contributed by atoms with E-state index in [9.17, 15) is 17.2 Å². The molecule has 0 fully saturated rings. The number of sulfonamides is 1. The molecule has 2 rings (SSSR count). The number of halogens is 2. The monoisotopic (exact) mass is 301 g/mol. The van der Waals surface area contributed by atoms with Crippen LogP contribution in [0.5, 0.6) is 0 Å². The van der Waals surface area contributed by atoms with Gasteiger partial charge in [0.2, 0.25) is 5.95 Å². The maximum absolute atomic E-state index is 13.4. The van der Waals surface area contributed by atoms with E-state index in [1.807, 2.05) is 4.72 Å². The van der Waals surface area contributed by atoms with E-state index in [-0.39, 0.29) is 16.5 Å². The number of anilines is 2. The summed E-state index contributed by atoms with van der Waals surface area (Å²) < 4.78 is 52.0. The fourth-order valence-corrected chi connectivity index (χ4v) is 2.26. The molecule has 1 heterocycles. The third kappa shape index (κ3) is 2.97. The van der Waals surface area contributed by atoms with Crippen LogP contribution in [0.4, 0.5) is 20.4 Å². The molecule has 7 nitrogen and oxygen atoms in total. The van der Waals surface area contributed by atoms with Gasteiger partial charge in [0.1, 0.15) is 16.5 Å². The molecule has 0 aliphatic heterocycles. The molecular formula is C10H9F2N5O2S. The Morgan fingerprint density at radius 2 is 1.80 bits per heavy atom. The normalized spacial score (nSPS) is 11.2. The van der Waals surface area contributed by atoms with E-state index in [4.69, 9.17) is 5.84 Å². The van der Waals surface area contributed by atoms with Gasteiger partial charge in [-0.3, -0.25) is 10.1 Å².